The number of aryl methyl sites for hydroxylation is 1. The highest BCUT2D eigenvalue weighted by atomic mass is 19.4. The van der Waals surface area contributed by atoms with Crippen molar-refractivity contribution in [3.05, 3.63) is 48.4 Å². The van der Waals surface area contributed by atoms with Gasteiger partial charge in [0, 0.05) is 30.2 Å². The molecule has 0 saturated heterocycles. The van der Waals surface area contributed by atoms with Crippen molar-refractivity contribution in [2.75, 3.05) is 20.8 Å². The summed E-state index contributed by atoms with van der Waals surface area (Å²) in [4.78, 5) is 12.6. The van der Waals surface area contributed by atoms with Crippen LogP contribution in [0.3, 0.4) is 0 Å². The first kappa shape index (κ1) is 22.2. The van der Waals surface area contributed by atoms with Crippen molar-refractivity contribution < 1.29 is 32.5 Å². The average Bonchev–Trinajstić information content (AvgIpc) is 3.13. The van der Waals surface area contributed by atoms with Crippen molar-refractivity contribution in [1.29, 1.82) is 0 Å². The van der Waals surface area contributed by atoms with Gasteiger partial charge in [0.05, 0.1) is 36.5 Å². The van der Waals surface area contributed by atoms with Crippen LogP contribution in [0.15, 0.2) is 42.9 Å². The highest BCUT2D eigenvalue weighted by molar-refractivity contribution is 5.90. The van der Waals surface area contributed by atoms with Crippen LogP contribution in [0.4, 0.5) is 13.2 Å². The third-order valence-corrected chi connectivity index (χ3v) is 4.86. The number of aromatic nitrogens is 4. The molecule has 4 aromatic rings. The maximum atomic E-state index is 12.5. The van der Waals surface area contributed by atoms with Crippen LogP contribution in [0.5, 0.6) is 23.4 Å². The maximum absolute atomic E-state index is 12.5. The summed E-state index contributed by atoms with van der Waals surface area (Å²) in [5.41, 5.74) is 2.85. The van der Waals surface area contributed by atoms with E-state index in [0.717, 1.165) is 5.56 Å². The summed E-state index contributed by atoms with van der Waals surface area (Å²) in [5, 5.41) is 11.3. The van der Waals surface area contributed by atoms with Gasteiger partial charge in [-0.25, -0.2) is 15.0 Å². The van der Waals surface area contributed by atoms with Crippen molar-refractivity contribution >= 4 is 10.9 Å². The molecule has 0 aromatic carbocycles. The topological polar surface area (TPSA) is 91.5 Å². The molecule has 0 aliphatic carbocycles. The predicted octanol–water partition coefficient (Wildman–Crippen LogP) is 4.45. The van der Waals surface area contributed by atoms with Crippen LogP contribution in [0.1, 0.15) is 5.56 Å². The van der Waals surface area contributed by atoms with Crippen LogP contribution < -0.4 is 14.2 Å². The summed E-state index contributed by atoms with van der Waals surface area (Å²) < 4.78 is 53.9. The van der Waals surface area contributed by atoms with E-state index < -0.39 is 12.8 Å². The second-order valence-electron chi connectivity index (χ2n) is 7.10. The zero-order valence-corrected chi connectivity index (χ0v) is 17.8. The van der Waals surface area contributed by atoms with Gasteiger partial charge >= 0.3 is 6.18 Å². The van der Waals surface area contributed by atoms with Gasteiger partial charge in [0.1, 0.15) is 0 Å². The zero-order chi connectivity index (χ0) is 23.8. The molecule has 0 saturated carbocycles. The maximum Gasteiger partial charge on any atom is 0.422 e. The van der Waals surface area contributed by atoms with Gasteiger partial charge in [0.2, 0.25) is 11.8 Å². The zero-order valence-electron chi connectivity index (χ0n) is 17.8. The lowest BCUT2D eigenvalue weighted by Gasteiger charge is -2.10. The number of aromatic hydroxyl groups is 1. The van der Waals surface area contributed by atoms with Gasteiger partial charge in [-0.05, 0) is 30.7 Å². The van der Waals surface area contributed by atoms with Gasteiger partial charge in [0.25, 0.3) is 5.88 Å². The molecule has 0 atom stereocenters. The van der Waals surface area contributed by atoms with Crippen molar-refractivity contribution in [2.24, 2.45) is 0 Å². The molecule has 11 heteroatoms. The summed E-state index contributed by atoms with van der Waals surface area (Å²) in [5.74, 6) is 0.450. The van der Waals surface area contributed by atoms with E-state index in [-0.39, 0.29) is 11.8 Å². The molecule has 0 bridgehead atoms. The van der Waals surface area contributed by atoms with E-state index in [1.54, 1.807) is 24.5 Å². The molecule has 0 aliphatic rings. The Balaban J connectivity index is 1.75. The molecule has 0 aliphatic heterocycles. The van der Waals surface area contributed by atoms with E-state index in [0.29, 0.717) is 39.5 Å². The Kier molecular flexibility index (Phi) is 5.71. The Hall–Kier alpha value is -4.02. The molecule has 172 valence electrons. The molecule has 0 amide bonds. The molecule has 0 radical (unpaired) electrons. The van der Waals surface area contributed by atoms with Crippen molar-refractivity contribution in [3.8, 4) is 40.3 Å². The highest BCUT2D eigenvalue weighted by Gasteiger charge is 2.28. The minimum atomic E-state index is -4.49. The van der Waals surface area contributed by atoms with Crippen LogP contribution in [-0.2, 0) is 0 Å². The number of fused-ring (bicyclic) bond motifs is 1. The van der Waals surface area contributed by atoms with Gasteiger partial charge in [0.15, 0.2) is 12.4 Å². The number of rotatable bonds is 6. The van der Waals surface area contributed by atoms with Crippen molar-refractivity contribution in [2.45, 2.75) is 13.1 Å². The second kappa shape index (κ2) is 8.49. The SMILES string of the molecule is COc1cc(-c2cc(C)c3c(O)n(-c4ccnc(OCC(F)(F)F)c4)cc3n2)cnc1OC. The number of ether oxygens (including phenoxy) is 3. The highest BCUT2D eigenvalue weighted by Crippen LogP contribution is 2.36. The molecular formula is C22H19F3N4O4. The van der Waals surface area contributed by atoms with Crippen molar-refractivity contribution in [3.63, 3.8) is 0 Å². The molecule has 0 fully saturated rings. The Morgan fingerprint density at radius 1 is 1.09 bits per heavy atom. The average molecular weight is 460 g/mol. The van der Waals surface area contributed by atoms with E-state index in [1.807, 2.05) is 6.92 Å². The summed E-state index contributed by atoms with van der Waals surface area (Å²) in [6.45, 7) is 0.350. The fourth-order valence-corrected chi connectivity index (χ4v) is 3.39. The summed E-state index contributed by atoms with van der Waals surface area (Å²) in [6.07, 6.45) is -0.0122. The van der Waals surface area contributed by atoms with Gasteiger partial charge in [-0.2, -0.15) is 13.2 Å². The van der Waals surface area contributed by atoms with E-state index in [4.69, 9.17) is 14.2 Å². The van der Waals surface area contributed by atoms with Crippen LogP contribution >= 0.6 is 0 Å². The van der Waals surface area contributed by atoms with Crippen LogP contribution in [-0.4, -0.2) is 51.6 Å². The van der Waals surface area contributed by atoms with Crippen LogP contribution in [0.25, 0.3) is 27.8 Å². The smallest absolute Gasteiger partial charge is 0.422 e. The summed E-state index contributed by atoms with van der Waals surface area (Å²) in [6, 6.07) is 6.37. The van der Waals surface area contributed by atoms with E-state index >= 15 is 0 Å². The molecule has 4 heterocycles. The lowest BCUT2D eigenvalue weighted by atomic mass is 10.1. The molecular weight excluding hydrogens is 441 g/mol. The third kappa shape index (κ3) is 4.47. The molecule has 4 rings (SSSR count). The Bertz CT molecular complexity index is 1320. The molecule has 0 unspecified atom stereocenters. The molecule has 4 aromatic heterocycles. The van der Waals surface area contributed by atoms with Gasteiger partial charge < -0.3 is 19.3 Å². The number of nitrogens with zero attached hydrogens (tertiary/aromatic N) is 4. The Labute approximate surface area is 186 Å². The standard InChI is InChI=1S/C22H19F3N4O4/c1-12-6-15(13-7-17(31-2)20(32-3)27-9-13)28-16-10-29(21(30)19(12)16)14-4-5-26-18(8-14)33-11-22(23,24)25/h4-10,30H,11H2,1-3H3. The number of alkyl halides is 3. The first-order valence-corrected chi connectivity index (χ1v) is 9.66. The number of pyridine rings is 3. The number of hydrogen-bond donors (Lipinski definition) is 1. The molecule has 33 heavy (non-hydrogen) atoms. The quantitative estimate of drug-likeness (QED) is 0.454. The lowest BCUT2D eigenvalue weighted by molar-refractivity contribution is -0.154. The molecule has 0 spiro atoms. The molecule has 8 nitrogen and oxygen atoms in total. The van der Waals surface area contributed by atoms with Gasteiger partial charge in [-0.1, -0.05) is 0 Å². The normalized spacial score (nSPS) is 11.6. The van der Waals surface area contributed by atoms with E-state index in [9.17, 15) is 18.3 Å². The fraction of sp³-hybridized carbons (Fsp3) is 0.227. The largest absolute Gasteiger partial charge is 0.494 e. The minimum Gasteiger partial charge on any atom is -0.494 e. The second-order valence-corrected chi connectivity index (χ2v) is 7.10. The monoisotopic (exact) mass is 460 g/mol. The van der Waals surface area contributed by atoms with Crippen LogP contribution in [0.2, 0.25) is 0 Å². The first-order valence-electron chi connectivity index (χ1n) is 9.66. The predicted molar refractivity (Wildman–Crippen MR) is 113 cm³/mol. The summed E-state index contributed by atoms with van der Waals surface area (Å²) in [7, 11) is 2.99. The lowest BCUT2D eigenvalue weighted by Crippen LogP contribution is -2.19. The third-order valence-electron chi connectivity index (χ3n) is 4.86. The minimum absolute atomic E-state index is 0.111. The first-order chi connectivity index (χ1) is 15.7. The summed E-state index contributed by atoms with van der Waals surface area (Å²) >= 11 is 0. The van der Waals surface area contributed by atoms with Crippen molar-refractivity contribution in [1.82, 2.24) is 19.5 Å². The van der Waals surface area contributed by atoms with E-state index in [2.05, 4.69) is 15.0 Å². The Morgan fingerprint density at radius 3 is 2.58 bits per heavy atom. The van der Waals surface area contributed by atoms with Crippen LogP contribution in [0, 0.1) is 6.92 Å². The Morgan fingerprint density at radius 2 is 1.88 bits per heavy atom. The number of halogens is 3. The number of methoxy groups -OCH3 is 2. The fourth-order valence-electron chi connectivity index (χ4n) is 3.39. The molecule has 1 N–H and O–H groups in total. The van der Waals surface area contributed by atoms with E-state index in [1.165, 1.54) is 37.1 Å². The number of hydrogen-bond acceptors (Lipinski definition) is 7. The van der Waals surface area contributed by atoms with Gasteiger partial charge in [-0.15, -0.1) is 0 Å². The van der Waals surface area contributed by atoms with Gasteiger partial charge in [-0.3, -0.25) is 4.57 Å².